The van der Waals surface area contributed by atoms with Gasteiger partial charge in [0.25, 0.3) is 5.91 Å². The monoisotopic (exact) mass is 376 g/mol. The first kappa shape index (κ1) is 11.6. The van der Waals surface area contributed by atoms with Gasteiger partial charge in [-0.1, -0.05) is 5.22 Å². The molecule has 0 bridgehead atoms. The molecular weight excluding hydrogens is 371 g/mol. The summed E-state index contributed by atoms with van der Waals surface area (Å²) in [7, 11) is -2.51. The number of fused-ring (bicyclic) bond motifs is 3. The van der Waals surface area contributed by atoms with Crippen molar-refractivity contribution in [3.8, 4) is 0 Å². The minimum Gasteiger partial charge on any atom is -0.324 e. The zero-order valence-electron chi connectivity index (χ0n) is 8.66. The molecular formula is C9H5IN4O3S. The Balaban J connectivity index is 2.21. The lowest BCUT2D eigenvalue weighted by molar-refractivity contribution is 0.0940. The van der Waals surface area contributed by atoms with E-state index in [2.05, 4.69) is 38.2 Å². The number of carbonyl (C=O) groups is 1. The number of anilines is 1. The molecule has 2 heterocycles. The van der Waals surface area contributed by atoms with E-state index in [9.17, 15) is 13.2 Å². The summed E-state index contributed by atoms with van der Waals surface area (Å²) in [4.78, 5) is 11.7. The number of nitrogens with zero attached hydrogens (tertiary/aromatic N) is 3. The van der Waals surface area contributed by atoms with Gasteiger partial charge in [0.2, 0.25) is 15.3 Å². The molecule has 1 amide bonds. The maximum absolute atomic E-state index is 11.9. The van der Waals surface area contributed by atoms with Crippen molar-refractivity contribution in [2.75, 3.05) is 5.01 Å². The number of hydrogen-bond acceptors (Lipinski definition) is 5. The molecule has 1 aromatic rings. The van der Waals surface area contributed by atoms with Crippen LogP contribution in [0.4, 0.5) is 5.69 Å². The van der Waals surface area contributed by atoms with Gasteiger partial charge in [0.15, 0.2) is 6.17 Å². The highest BCUT2D eigenvalue weighted by Gasteiger charge is 2.39. The molecule has 0 saturated carbocycles. The quantitative estimate of drug-likeness (QED) is 0.529. The fourth-order valence-corrected chi connectivity index (χ4v) is 2.75. The number of hydrogen-bond donors (Lipinski definition) is 1. The van der Waals surface area contributed by atoms with Crippen LogP contribution in [-0.4, -0.2) is 25.5 Å². The molecule has 1 unspecified atom stereocenters. The van der Waals surface area contributed by atoms with Crippen molar-refractivity contribution < 1.29 is 13.2 Å². The van der Waals surface area contributed by atoms with Crippen LogP contribution in [0.25, 0.3) is 0 Å². The van der Waals surface area contributed by atoms with Crippen LogP contribution in [-0.2, 0) is 10.3 Å². The standard InChI is InChI=1S/C9H5IN4O3S/c10-4-1-2-5-6(3-4)14-7(11-8(5)15)9(12-13-14)18(16)17/h1-3,7H,(H,11,15). The van der Waals surface area contributed by atoms with E-state index in [1.807, 2.05) is 0 Å². The average Bonchev–Trinajstić information content (AvgIpc) is 2.72. The third-order valence-corrected chi connectivity index (χ3v) is 3.93. The van der Waals surface area contributed by atoms with Crippen LogP contribution in [0.1, 0.15) is 10.4 Å². The van der Waals surface area contributed by atoms with E-state index >= 15 is 0 Å². The van der Waals surface area contributed by atoms with Gasteiger partial charge in [-0.05, 0) is 40.8 Å². The molecule has 3 rings (SSSR count). The lowest BCUT2D eigenvalue weighted by Crippen LogP contribution is -2.52. The molecule has 92 valence electrons. The topological polar surface area (TPSA) is 91.2 Å². The van der Waals surface area contributed by atoms with Crippen molar-refractivity contribution in [1.29, 1.82) is 0 Å². The Kier molecular flexibility index (Phi) is 2.59. The molecule has 2 aliphatic rings. The number of nitrogens with one attached hydrogen (secondary N) is 1. The Morgan fingerprint density at radius 1 is 1.39 bits per heavy atom. The van der Waals surface area contributed by atoms with Gasteiger partial charge in [0, 0.05) is 3.57 Å². The molecule has 7 nitrogen and oxygen atoms in total. The molecule has 0 aliphatic carbocycles. The predicted molar refractivity (Wildman–Crippen MR) is 71.7 cm³/mol. The molecule has 0 radical (unpaired) electrons. The van der Waals surface area contributed by atoms with Gasteiger partial charge in [0.1, 0.15) is 0 Å². The molecule has 1 aromatic carbocycles. The van der Waals surface area contributed by atoms with Crippen molar-refractivity contribution in [3.05, 3.63) is 27.3 Å². The van der Waals surface area contributed by atoms with E-state index in [4.69, 9.17) is 0 Å². The average molecular weight is 376 g/mol. The highest BCUT2D eigenvalue weighted by atomic mass is 127. The second-order valence-electron chi connectivity index (χ2n) is 3.64. The fourth-order valence-electron chi connectivity index (χ4n) is 1.83. The van der Waals surface area contributed by atoms with E-state index in [0.717, 1.165) is 3.57 Å². The summed E-state index contributed by atoms with van der Waals surface area (Å²) in [6.07, 6.45) is -0.846. The zero-order chi connectivity index (χ0) is 12.9. The fraction of sp³-hybridized carbons (Fsp3) is 0.111. The van der Waals surface area contributed by atoms with Gasteiger partial charge >= 0.3 is 0 Å². The third kappa shape index (κ3) is 1.61. The molecule has 9 heteroatoms. The summed E-state index contributed by atoms with van der Waals surface area (Å²) in [6.45, 7) is 0. The van der Waals surface area contributed by atoms with E-state index in [1.165, 1.54) is 5.01 Å². The first-order valence-electron chi connectivity index (χ1n) is 4.85. The number of halogens is 1. The largest absolute Gasteiger partial charge is 0.324 e. The molecule has 0 aromatic heterocycles. The molecule has 0 saturated heterocycles. The highest BCUT2D eigenvalue weighted by Crippen LogP contribution is 2.31. The van der Waals surface area contributed by atoms with Crippen LogP contribution in [0.15, 0.2) is 28.5 Å². The van der Waals surface area contributed by atoms with Crippen LogP contribution in [0.2, 0.25) is 0 Å². The number of rotatable bonds is 0. The smallest absolute Gasteiger partial charge is 0.255 e. The maximum atomic E-state index is 11.9. The first-order valence-corrected chi connectivity index (χ1v) is 7.01. The normalized spacial score (nSPS) is 20.5. The molecule has 1 N–H and O–H groups in total. The Hall–Kier alpha value is -1.49. The van der Waals surface area contributed by atoms with E-state index < -0.39 is 16.5 Å². The zero-order valence-corrected chi connectivity index (χ0v) is 11.6. The van der Waals surface area contributed by atoms with Gasteiger partial charge in [-0.15, -0.1) is 5.11 Å². The van der Waals surface area contributed by atoms with Gasteiger partial charge < -0.3 is 5.32 Å². The SMILES string of the molecule is O=C1NC2C(=S(=O)=O)N=NN2c2cc(I)ccc21. The lowest BCUT2D eigenvalue weighted by Gasteiger charge is -2.29. The molecule has 0 spiro atoms. The van der Waals surface area contributed by atoms with E-state index in [-0.39, 0.29) is 10.9 Å². The van der Waals surface area contributed by atoms with Crippen LogP contribution in [0.5, 0.6) is 0 Å². The van der Waals surface area contributed by atoms with Crippen LogP contribution >= 0.6 is 22.6 Å². The predicted octanol–water partition coefficient (Wildman–Crippen LogP) is 0.557. The van der Waals surface area contributed by atoms with Crippen molar-refractivity contribution in [1.82, 2.24) is 5.32 Å². The summed E-state index contributed by atoms with van der Waals surface area (Å²) >= 11 is 2.11. The van der Waals surface area contributed by atoms with Crippen molar-refractivity contribution in [2.45, 2.75) is 6.17 Å². The molecule has 2 aliphatic heterocycles. The highest BCUT2D eigenvalue weighted by molar-refractivity contribution is 14.1. The molecule has 18 heavy (non-hydrogen) atoms. The van der Waals surface area contributed by atoms with Gasteiger partial charge in [-0.25, -0.2) is 5.01 Å². The van der Waals surface area contributed by atoms with E-state index in [0.29, 0.717) is 11.3 Å². The summed E-state index contributed by atoms with van der Waals surface area (Å²) in [5, 5.41) is 11.3. The van der Waals surface area contributed by atoms with Crippen LogP contribution in [0.3, 0.4) is 0 Å². The Morgan fingerprint density at radius 3 is 2.89 bits per heavy atom. The second kappa shape index (κ2) is 4.02. The Morgan fingerprint density at radius 2 is 2.17 bits per heavy atom. The number of benzene rings is 1. The lowest BCUT2D eigenvalue weighted by atomic mass is 10.1. The first-order chi connectivity index (χ1) is 8.58. The summed E-state index contributed by atoms with van der Waals surface area (Å²) in [6, 6.07) is 5.23. The third-order valence-electron chi connectivity index (χ3n) is 2.61. The second-order valence-corrected chi connectivity index (χ2v) is 5.78. The van der Waals surface area contributed by atoms with Gasteiger partial charge in [-0.3, -0.25) is 4.79 Å². The van der Waals surface area contributed by atoms with Crippen molar-refractivity contribution in [2.24, 2.45) is 10.3 Å². The Bertz CT molecular complexity index is 719. The van der Waals surface area contributed by atoms with E-state index in [1.54, 1.807) is 18.2 Å². The summed E-state index contributed by atoms with van der Waals surface area (Å²) < 4.78 is 22.9. The van der Waals surface area contributed by atoms with Crippen LogP contribution in [0, 0.1) is 3.57 Å². The summed E-state index contributed by atoms with van der Waals surface area (Å²) in [5.41, 5.74) is 1.00. The van der Waals surface area contributed by atoms with Gasteiger partial charge in [0.05, 0.1) is 11.3 Å². The van der Waals surface area contributed by atoms with Crippen LogP contribution < -0.4 is 10.3 Å². The molecule has 0 fully saturated rings. The van der Waals surface area contributed by atoms with Crippen molar-refractivity contribution >= 4 is 49.5 Å². The maximum Gasteiger partial charge on any atom is 0.255 e. The minimum absolute atomic E-state index is 0.187. The molecule has 1 atom stereocenters. The number of amides is 1. The van der Waals surface area contributed by atoms with Gasteiger partial charge in [-0.2, -0.15) is 8.42 Å². The van der Waals surface area contributed by atoms with Crippen molar-refractivity contribution in [3.63, 3.8) is 0 Å². The number of carbonyl (C=O) groups excluding carboxylic acids is 1. The Labute approximate surface area is 117 Å². The summed E-state index contributed by atoms with van der Waals surface area (Å²) in [5.74, 6) is -0.335. The minimum atomic E-state index is -2.51.